The molecule has 1 aromatic carbocycles. The lowest BCUT2D eigenvalue weighted by molar-refractivity contribution is -0.235. The molecule has 19 heavy (non-hydrogen) atoms. The van der Waals surface area contributed by atoms with Gasteiger partial charge < -0.3 is 14.2 Å². The van der Waals surface area contributed by atoms with Crippen molar-refractivity contribution < 1.29 is 23.8 Å². The highest BCUT2D eigenvalue weighted by atomic mass is 35.5. The van der Waals surface area contributed by atoms with Crippen LogP contribution in [0.2, 0.25) is 5.02 Å². The molecule has 1 rings (SSSR count). The molecule has 7 heteroatoms. The second kappa shape index (κ2) is 6.51. The Balaban J connectivity index is 3.01. The van der Waals surface area contributed by atoms with Crippen LogP contribution in [0.1, 0.15) is 10.4 Å². The molecule has 0 heterocycles. The van der Waals surface area contributed by atoms with Crippen molar-refractivity contribution in [3.05, 3.63) is 34.9 Å². The predicted octanol–water partition coefficient (Wildman–Crippen LogP) is 1.19. The van der Waals surface area contributed by atoms with Gasteiger partial charge in [0, 0.05) is 14.2 Å². The largest absolute Gasteiger partial charge is 0.463 e. The topological polar surface area (TPSA) is 73.9 Å². The van der Waals surface area contributed by atoms with Crippen LogP contribution in [0.3, 0.4) is 0 Å². The quantitative estimate of drug-likeness (QED) is 0.650. The van der Waals surface area contributed by atoms with Crippen LogP contribution in [0.25, 0.3) is 0 Å². The third-order valence-corrected chi connectivity index (χ3v) is 2.76. The van der Waals surface area contributed by atoms with Crippen LogP contribution in [0, 0.1) is 0 Å². The van der Waals surface area contributed by atoms with Crippen LogP contribution in [-0.2, 0) is 19.0 Å². The summed E-state index contributed by atoms with van der Waals surface area (Å²) in [4.78, 5) is 23.7. The van der Waals surface area contributed by atoms with Gasteiger partial charge in [0.05, 0.1) is 17.7 Å². The van der Waals surface area contributed by atoms with Gasteiger partial charge >= 0.3 is 11.9 Å². The van der Waals surface area contributed by atoms with E-state index in [1.54, 1.807) is 18.2 Å². The van der Waals surface area contributed by atoms with E-state index >= 15 is 0 Å². The van der Waals surface area contributed by atoms with E-state index in [9.17, 15) is 9.59 Å². The van der Waals surface area contributed by atoms with Crippen LogP contribution in [-0.4, -0.2) is 39.1 Å². The van der Waals surface area contributed by atoms with Gasteiger partial charge in [-0.2, -0.15) is 0 Å². The van der Waals surface area contributed by atoms with Gasteiger partial charge in [0.25, 0.3) is 5.91 Å². The molecule has 0 unspecified atom stereocenters. The first kappa shape index (κ1) is 15.4. The molecule has 0 atom stereocenters. The average molecular weight is 288 g/mol. The smallest absolute Gasteiger partial charge is 0.390 e. The number of carbonyl (C=O) groups is 2. The van der Waals surface area contributed by atoms with E-state index in [4.69, 9.17) is 21.1 Å². The van der Waals surface area contributed by atoms with Crippen molar-refractivity contribution in [2.75, 3.05) is 21.3 Å². The van der Waals surface area contributed by atoms with E-state index in [0.29, 0.717) is 0 Å². The second-order valence-corrected chi connectivity index (χ2v) is 3.86. The normalized spacial score (nSPS) is 10.9. The maximum atomic E-state index is 12.1. The van der Waals surface area contributed by atoms with E-state index < -0.39 is 17.8 Å². The molecule has 0 aliphatic rings. The number of carbonyl (C=O) groups excluding carboxylic acids is 2. The number of nitrogens with one attached hydrogen (secondary N) is 1. The molecule has 0 saturated carbocycles. The summed E-state index contributed by atoms with van der Waals surface area (Å²) in [5.74, 6) is -3.53. The lowest BCUT2D eigenvalue weighted by atomic mass is 10.2. The maximum absolute atomic E-state index is 12.1. The van der Waals surface area contributed by atoms with Crippen molar-refractivity contribution in [1.29, 1.82) is 0 Å². The van der Waals surface area contributed by atoms with Crippen molar-refractivity contribution in [2.24, 2.45) is 0 Å². The zero-order valence-corrected chi connectivity index (χ0v) is 11.5. The summed E-state index contributed by atoms with van der Waals surface area (Å²) in [6, 6.07) is 6.38. The fraction of sp³-hybridized carbons (Fsp3) is 0.333. The van der Waals surface area contributed by atoms with Crippen LogP contribution >= 0.6 is 11.6 Å². The Labute approximate surface area is 115 Å². The van der Waals surface area contributed by atoms with E-state index in [1.165, 1.54) is 20.3 Å². The van der Waals surface area contributed by atoms with Crippen molar-refractivity contribution >= 4 is 23.5 Å². The van der Waals surface area contributed by atoms with Gasteiger partial charge in [-0.1, -0.05) is 23.7 Å². The first-order valence-corrected chi connectivity index (χ1v) is 5.64. The Kier molecular flexibility index (Phi) is 5.29. The SMILES string of the molecule is COC(=O)C(NC(=O)c1ccccc1Cl)(OC)OC. The van der Waals surface area contributed by atoms with Gasteiger partial charge in [0.1, 0.15) is 0 Å². The predicted molar refractivity (Wildman–Crippen MR) is 67.7 cm³/mol. The zero-order chi connectivity index (χ0) is 14.5. The van der Waals surface area contributed by atoms with E-state index in [1.807, 2.05) is 0 Å². The van der Waals surface area contributed by atoms with Gasteiger partial charge in [-0.15, -0.1) is 0 Å². The van der Waals surface area contributed by atoms with Gasteiger partial charge in [-0.3, -0.25) is 10.1 Å². The molecule has 6 nitrogen and oxygen atoms in total. The van der Waals surface area contributed by atoms with Gasteiger partial charge in [-0.05, 0) is 12.1 Å². The molecule has 0 aliphatic heterocycles. The van der Waals surface area contributed by atoms with Crippen LogP contribution < -0.4 is 5.32 Å². The Hall–Kier alpha value is -1.63. The standard InChI is InChI=1S/C12H14ClNO5/c1-17-11(16)12(18-2,19-3)14-10(15)8-6-4-5-7-9(8)13/h4-7H,1-3H3,(H,14,15). The number of benzene rings is 1. The van der Waals surface area contributed by atoms with Crippen LogP contribution in [0.5, 0.6) is 0 Å². The molecule has 1 amide bonds. The third-order valence-electron chi connectivity index (χ3n) is 2.43. The summed E-state index contributed by atoms with van der Waals surface area (Å²) in [5.41, 5.74) is 0.187. The minimum atomic E-state index is -2.01. The molecule has 0 aromatic heterocycles. The molecule has 0 spiro atoms. The fourth-order valence-corrected chi connectivity index (χ4v) is 1.62. The Bertz CT molecular complexity index is 473. The fourth-order valence-electron chi connectivity index (χ4n) is 1.40. The maximum Gasteiger partial charge on any atom is 0.390 e. The summed E-state index contributed by atoms with van der Waals surface area (Å²) < 4.78 is 14.3. The molecule has 104 valence electrons. The lowest BCUT2D eigenvalue weighted by Gasteiger charge is -2.28. The molecule has 0 saturated heterocycles. The lowest BCUT2D eigenvalue weighted by Crippen LogP contribution is -2.58. The third kappa shape index (κ3) is 3.23. The molecule has 0 aliphatic carbocycles. The average Bonchev–Trinajstić information content (AvgIpc) is 2.44. The highest BCUT2D eigenvalue weighted by molar-refractivity contribution is 6.33. The second-order valence-electron chi connectivity index (χ2n) is 3.45. The van der Waals surface area contributed by atoms with Gasteiger partial charge in [0.2, 0.25) is 0 Å². The van der Waals surface area contributed by atoms with E-state index in [-0.39, 0.29) is 10.6 Å². The highest BCUT2D eigenvalue weighted by Gasteiger charge is 2.43. The Morgan fingerprint density at radius 1 is 1.16 bits per heavy atom. The summed E-state index contributed by atoms with van der Waals surface area (Å²) in [7, 11) is 3.55. The zero-order valence-electron chi connectivity index (χ0n) is 10.7. The van der Waals surface area contributed by atoms with Gasteiger partial charge in [-0.25, -0.2) is 4.79 Å². The van der Waals surface area contributed by atoms with Crippen molar-refractivity contribution in [3.63, 3.8) is 0 Å². The molecule has 1 N–H and O–H groups in total. The van der Waals surface area contributed by atoms with Crippen molar-refractivity contribution in [1.82, 2.24) is 5.32 Å². The number of rotatable bonds is 5. The monoisotopic (exact) mass is 287 g/mol. The number of hydrogen-bond acceptors (Lipinski definition) is 5. The number of halogens is 1. The van der Waals surface area contributed by atoms with E-state index in [0.717, 1.165) is 7.11 Å². The van der Waals surface area contributed by atoms with Crippen LogP contribution in [0.4, 0.5) is 0 Å². The summed E-state index contributed by atoms with van der Waals surface area (Å²) in [6.07, 6.45) is 0. The minimum Gasteiger partial charge on any atom is -0.463 e. The first-order valence-electron chi connectivity index (χ1n) is 5.26. The van der Waals surface area contributed by atoms with E-state index in [2.05, 4.69) is 10.1 Å². The number of amides is 1. The van der Waals surface area contributed by atoms with Gasteiger partial charge in [0.15, 0.2) is 0 Å². The molecule has 0 fully saturated rings. The molecular formula is C12H14ClNO5. The molecule has 1 aromatic rings. The summed E-state index contributed by atoms with van der Waals surface area (Å²) in [6.45, 7) is 0. The Morgan fingerprint density at radius 3 is 2.21 bits per heavy atom. The number of esters is 1. The van der Waals surface area contributed by atoms with Crippen LogP contribution in [0.15, 0.2) is 24.3 Å². The molecule has 0 bridgehead atoms. The van der Waals surface area contributed by atoms with Crippen molar-refractivity contribution in [3.8, 4) is 0 Å². The Morgan fingerprint density at radius 2 is 1.74 bits per heavy atom. The number of hydrogen-bond donors (Lipinski definition) is 1. The molecule has 0 radical (unpaired) electrons. The summed E-state index contributed by atoms with van der Waals surface area (Å²) in [5, 5.41) is 2.54. The first-order chi connectivity index (χ1) is 9.00. The minimum absolute atomic E-state index is 0.187. The highest BCUT2D eigenvalue weighted by Crippen LogP contribution is 2.17. The summed E-state index contributed by atoms with van der Waals surface area (Å²) >= 11 is 5.89. The number of methoxy groups -OCH3 is 3. The molecular weight excluding hydrogens is 274 g/mol. The number of ether oxygens (including phenoxy) is 3. The van der Waals surface area contributed by atoms with Crippen molar-refractivity contribution in [2.45, 2.75) is 5.91 Å².